The maximum Gasteiger partial charge on any atom is 0.0818 e. The van der Waals surface area contributed by atoms with E-state index in [9.17, 15) is 0 Å². The molecule has 0 saturated heterocycles. The molecule has 0 bridgehead atoms. The summed E-state index contributed by atoms with van der Waals surface area (Å²) in [6.45, 7) is 2.16. The first-order chi connectivity index (χ1) is 5.29. The van der Waals surface area contributed by atoms with Crippen LogP contribution in [0.3, 0.4) is 0 Å². The fourth-order valence-corrected chi connectivity index (χ4v) is 1.06. The molecule has 1 rings (SSSR count). The van der Waals surface area contributed by atoms with E-state index in [0.29, 0.717) is 6.04 Å². The monoisotopic (exact) mass is 150 g/mol. The second kappa shape index (κ2) is 4.14. The van der Waals surface area contributed by atoms with Gasteiger partial charge < -0.3 is 5.73 Å². The number of hydrogen-bond donors (Lipinski definition) is 1. The molecule has 0 amide bonds. The maximum absolute atomic E-state index is 3.95. The molecule has 3 N–H and O–H groups in total. The summed E-state index contributed by atoms with van der Waals surface area (Å²) in [5, 5.41) is 0. The minimum atomic E-state index is 0.565. The molecule has 0 fully saturated rings. The summed E-state index contributed by atoms with van der Waals surface area (Å²) >= 11 is 0. The molecular formula is C10H16N+. The van der Waals surface area contributed by atoms with Crippen molar-refractivity contribution in [1.82, 2.24) is 0 Å². The number of benzene rings is 1. The summed E-state index contributed by atoms with van der Waals surface area (Å²) in [6, 6.07) is 11.1. The zero-order valence-corrected chi connectivity index (χ0v) is 7.09. The SMILES string of the molecule is C[C@H]([NH3+])CCc1ccccc1. The summed E-state index contributed by atoms with van der Waals surface area (Å²) in [7, 11) is 0. The van der Waals surface area contributed by atoms with Gasteiger partial charge in [0.05, 0.1) is 6.04 Å². The zero-order valence-electron chi connectivity index (χ0n) is 7.09. The molecule has 1 heteroatoms. The van der Waals surface area contributed by atoms with E-state index in [4.69, 9.17) is 0 Å². The van der Waals surface area contributed by atoms with Crippen molar-refractivity contribution in [2.24, 2.45) is 0 Å². The van der Waals surface area contributed by atoms with Crippen LogP contribution in [0.5, 0.6) is 0 Å². The van der Waals surface area contributed by atoms with Gasteiger partial charge in [0, 0.05) is 6.42 Å². The Labute approximate surface area is 68.2 Å². The summed E-state index contributed by atoms with van der Waals surface area (Å²) in [5.41, 5.74) is 5.37. The number of rotatable bonds is 3. The third kappa shape index (κ3) is 3.19. The minimum Gasteiger partial charge on any atom is -0.355 e. The van der Waals surface area contributed by atoms with Gasteiger partial charge >= 0.3 is 0 Å². The average Bonchev–Trinajstić information content (AvgIpc) is 2.03. The van der Waals surface area contributed by atoms with Crippen LogP contribution in [0.4, 0.5) is 0 Å². The summed E-state index contributed by atoms with van der Waals surface area (Å²) in [5.74, 6) is 0. The third-order valence-corrected chi connectivity index (χ3v) is 1.77. The largest absolute Gasteiger partial charge is 0.355 e. The van der Waals surface area contributed by atoms with Crippen molar-refractivity contribution < 1.29 is 5.73 Å². The van der Waals surface area contributed by atoms with Crippen molar-refractivity contribution in [1.29, 1.82) is 0 Å². The van der Waals surface area contributed by atoms with E-state index in [1.165, 1.54) is 12.0 Å². The molecule has 1 aromatic rings. The predicted octanol–water partition coefficient (Wildman–Crippen LogP) is 1.25. The van der Waals surface area contributed by atoms with Crippen LogP contribution in [0.15, 0.2) is 30.3 Å². The molecule has 0 aliphatic heterocycles. The van der Waals surface area contributed by atoms with Gasteiger partial charge in [-0.05, 0) is 18.9 Å². The fourth-order valence-electron chi connectivity index (χ4n) is 1.06. The van der Waals surface area contributed by atoms with E-state index in [1.807, 2.05) is 0 Å². The van der Waals surface area contributed by atoms with Gasteiger partial charge in [0.25, 0.3) is 0 Å². The van der Waals surface area contributed by atoms with Crippen molar-refractivity contribution in [3.63, 3.8) is 0 Å². The Morgan fingerprint density at radius 3 is 2.45 bits per heavy atom. The highest BCUT2D eigenvalue weighted by Crippen LogP contribution is 2.02. The first kappa shape index (κ1) is 8.28. The molecule has 0 heterocycles. The molecule has 0 aliphatic rings. The second-order valence-corrected chi connectivity index (χ2v) is 3.13. The van der Waals surface area contributed by atoms with Gasteiger partial charge in [-0.3, -0.25) is 0 Å². The Hall–Kier alpha value is -0.820. The molecule has 1 nitrogen and oxygen atoms in total. The highest BCUT2D eigenvalue weighted by Gasteiger charge is 1.97. The third-order valence-electron chi connectivity index (χ3n) is 1.77. The summed E-state index contributed by atoms with van der Waals surface area (Å²) in [4.78, 5) is 0. The van der Waals surface area contributed by atoms with Gasteiger partial charge in [-0.15, -0.1) is 0 Å². The molecule has 0 unspecified atom stereocenters. The first-order valence-corrected chi connectivity index (χ1v) is 4.16. The van der Waals surface area contributed by atoms with Crippen molar-refractivity contribution in [3.8, 4) is 0 Å². The Morgan fingerprint density at radius 2 is 1.91 bits per heavy atom. The van der Waals surface area contributed by atoms with E-state index >= 15 is 0 Å². The van der Waals surface area contributed by atoms with E-state index in [0.717, 1.165) is 6.42 Å². The van der Waals surface area contributed by atoms with Gasteiger partial charge in [-0.2, -0.15) is 0 Å². The zero-order chi connectivity index (χ0) is 8.10. The van der Waals surface area contributed by atoms with Gasteiger partial charge in [0.15, 0.2) is 0 Å². The van der Waals surface area contributed by atoms with Crippen LogP contribution >= 0.6 is 0 Å². The van der Waals surface area contributed by atoms with Gasteiger partial charge in [0.1, 0.15) is 0 Å². The molecule has 0 saturated carbocycles. The Balaban J connectivity index is 2.39. The Bertz CT molecular complexity index is 191. The molecular weight excluding hydrogens is 134 g/mol. The number of hydrogen-bond acceptors (Lipinski definition) is 0. The molecule has 0 aliphatic carbocycles. The lowest BCUT2D eigenvalue weighted by Crippen LogP contribution is -2.59. The van der Waals surface area contributed by atoms with E-state index in [2.05, 4.69) is 43.0 Å². The fraction of sp³-hybridized carbons (Fsp3) is 0.400. The predicted molar refractivity (Wildman–Crippen MR) is 47.1 cm³/mol. The van der Waals surface area contributed by atoms with Gasteiger partial charge in [0.2, 0.25) is 0 Å². The Morgan fingerprint density at radius 1 is 1.27 bits per heavy atom. The van der Waals surface area contributed by atoms with Crippen LogP contribution in [0, 0.1) is 0 Å². The van der Waals surface area contributed by atoms with Crippen LogP contribution in [-0.2, 0) is 6.42 Å². The van der Waals surface area contributed by atoms with E-state index in [-0.39, 0.29) is 0 Å². The minimum absolute atomic E-state index is 0.565. The quantitative estimate of drug-likeness (QED) is 0.671. The lowest BCUT2D eigenvalue weighted by atomic mass is 10.1. The molecule has 60 valence electrons. The number of quaternary nitrogens is 1. The van der Waals surface area contributed by atoms with Crippen LogP contribution < -0.4 is 5.73 Å². The smallest absolute Gasteiger partial charge is 0.0818 e. The molecule has 1 atom stereocenters. The summed E-state index contributed by atoms with van der Waals surface area (Å²) in [6.07, 6.45) is 2.34. The molecule has 0 radical (unpaired) electrons. The van der Waals surface area contributed by atoms with Crippen LogP contribution in [0.2, 0.25) is 0 Å². The first-order valence-electron chi connectivity index (χ1n) is 4.16. The lowest BCUT2D eigenvalue weighted by molar-refractivity contribution is -0.415. The molecule has 0 spiro atoms. The molecule has 0 aromatic heterocycles. The molecule has 11 heavy (non-hydrogen) atoms. The highest BCUT2D eigenvalue weighted by molar-refractivity contribution is 5.14. The molecule has 1 aromatic carbocycles. The lowest BCUT2D eigenvalue weighted by Gasteiger charge is -2.01. The van der Waals surface area contributed by atoms with Crippen molar-refractivity contribution in [2.75, 3.05) is 0 Å². The average molecular weight is 150 g/mol. The van der Waals surface area contributed by atoms with E-state index in [1.54, 1.807) is 0 Å². The standard InChI is InChI=1S/C10H15N/c1-9(11)7-8-10-5-3-2-4-6-10/h2-6,9H,7-8,11H2,1H3/p+1/t9-/m0/s1. The van der Waals surface area contributed by atoms with Gasteiger partial charge in [-0.25, -0.2) is 0 Å². The maximum atomic E-state index is 3.95. The highest BCUT2D eigenvalue weighted by atomic mass is 14.6. The second-order valence-electron chi connectivity index (χ2n) is 3.13. The topological polar surface area (TPSA) is 27.6 Å². The Kier molecular flexibility index (Phi) is 3.12. The number of aryl methyl sites for hydroxylation is 1. The van der Waals surface area contributed by atoms with Crippen molar-refractivity contribution in [2.45, 2.75) is 25.8 Å². The van der Waals surface area contributed by atoms with Crippen LogP contribution in [0.25, 0.3) is 0 Å². The van der Waals surface area contributed by atoms with Crippen LogP contribution in [0.1, 0.15) is 18.9 Å². The normalized spacial score (nSPS) is 12.9. The summed E-state index contributed by atoms with van der Waals surface area (Å²) < 4.78 is 0. The van der Waals surface area contributed by atoms with E-state index < -0.39 is 0 Å². The van der Waals surface area contributed by atoms with Crippen molar-refractivity contribution >= 4 is 0 Å². The van der Waals surface area contributed by atoms with Crippen molar-refractivity contribution in [3.05, 3.63) is 35.9 Å². The van der Waals surface area contributed by atoms with Crippen LogP contribution in [-0.4, -0.2) is 6.04 Å². The van der Waals surface area contributed by atoms with Gasteiger partial charge in [-0.1, -0.05) is 30.3 Å².